The SMILES string of the molecule is Cc1[nH]ncc1NC(=O)NC1CC1. The van der Waals surface area contributed by atoms with E-state index in [1.807, 2.05) is 6.92 Å². The second kappa shape index (κ2) is 3.08. The quantitative estimate of drug-likeness (QED) is 0.635. The van der Waals surface area contributed by atoms with Gasteiger partial charge in [-0.05, 0) is 19.8 Å². The molecule has 1 aromatic heterocycles. The smallest absolute Gasteiger partial charge is 0.319 e. The van der Waals surface area contributed by atoms with Crippen LogP contribution in [0.2, 0.25) is 0 Å². The molecule has 0 atom stereocenters. The molecule has 0 saturated heterocycles. The molecule has 70 valence electrons. The highest BCUT2D eigenvalue weighted by molar-refractivity contribution is 5.89. The molecular formula is C8H12N4O. The number of aryl methyl sites for hydroxylation is 1. The number of hydrogen-bond donors (Lipinski definition) is 3. The van der Waals surface area contributed by atoms with Gasteiger partial charge in [0, 0.05) is 6.04 Å². The van der Waals surface area contributed by atoms with Gasteiger partial charge in [-0.25, -0.2) is 4.79 Å². The Morgan fingerprint density at radius 3 is 3.00 bits per heavy atom. The van der Waals surface area contributed by atoms with Gasteiger partial charge >= 0.3 is 6.03 Å². The Bertz CT molecular complexity index is 316. The lowest BCUT2D eigenvalue weighted by Crippen LogP contribution is -2.30. The molecule has 0 radical (unpaired) electrons. The van der Waals surface area contributed by atoms with Crippen LogP contribution in [0.15, 0.2) is 6.20 Å². The highest BCUT2D eigenvalue weighted by Crippen LogP contribution is 2.19. The highest BCUT2D eigenvalue weighted by Gasteiger charge is 2.23. The predicted octanol–water partition coefficient (Wildman–Crippen LogP) is 1.00. The number of aromatic amines is 1. The second-order valence-electron chi connectivity index (χ2n) is 3.28. The number of carbonyl (C=O) groups excluding carboxylic acids is 1. The molecule has 3 N–H and O–H groups in total. The van der Waals surface area contributed by atoms with Crippen molar-refractivity contribution in [1.82, 2.24) is 15.5 Å². The van der Waals surface area contributed by atoms with Gasteiger partial charge in [0.05, 0.1) is 17.6 Å². The number of hydrogen-bond acceptors (Lipinski definition) is 2. The van der Waals surface area contributed by atoms with Crippen molar-refractivity contribution >= 4 is 11.7 Å². The van der Waals surface area contributed by atoms with Gasteiger partial charge in [0.15, 0.2) is 0 Å². The Morgan fingerprint density at radius 1 is 1.69 bits per heavy atom. The fourth-order valence-electron chi connectivity index (χ4n) is 1.05. The van der Waals surface area contributed by atoms with Crippen molar-refractivity contribution in [3.8, 4) is 0 Å². The van der Waals surface area contributed by atoms with Gasteiger partial charge in [-0.3, -0.25) is 5.10 Å². The largest absolute Gasteiger partial charge is 0.335 e. The third-order valence-electron chi connectivity index (χ3n) is 1.99. The number of nitrogens with zero attached hydrogens (tertiary/aromatic N) is 1. The number of rotatable bonds is 2. The topological polar surface area (TPSA) is 69.8 Å². The maximum Gasteiger partial charge on any atom is 0.319 e. The molecular weight excluding hydrogens is 168 g/mol. The van der Waals surface area contributed by atoms with Gasteiger partial charge in [0.25, 0.3) is 0 Å². The molecule has 2 rings (SSSR count). The minimum atomic E-state index is -0.146. The Kier molecular flexibility index (Phi) is 1.92. The van der Waals surface area contributed by atoms with Crippen molar-refractivity contribution in [2.75, 3.05) is 5.32 Å². The number of anilines is 1. The van der Waals surface area contributed by atoms with E-state index in [1.54, 1.807) is 6.20 Å². The number of H-pyrrole nitrogens is 1. The first-order valence-electron chi connectivity index (χ1n) is 4.33. The van der Waals surface area contributed by atoms with Crippen LogP contribution in [0, 0.1) is 6.92 Å². The number of nitrogens with one attached hydrogen (secondary N) is 3. The van der Waals surface area contributed by atoms with Gasteiger partial charge in [0.1, 0.15) is 0 Å². The minimum absolute atomic E-state index is 0.146. The van der Waals surface area contributed by atoms with E-state index in [9.17, 15) is 4.79 Å². The summed E-state index contributed by atoms with van der Waals surface area (Å²) in [7, 11) is 0. The first-order valence-corrected chi connectivity index (χ1v) is 4.33. The van der Waals surface area contributed by atoms with Crippen LogP contribution in [0.5, 0.6) is 0 Å². The average molecular weight is 180 g/mol. The molecule has 1 aliphatic rings. The zero-order valence-electron chi connectivity index (χ0n) is 7.42. The number of urea groups is 1. The maximum absolute atomic E-state index is 11.2. The van der Waals surface area contributed by atoms with Crippen LogP contribution in [0.25, 0.3) is 0 Å². The normalized spacial score (nSPS) is 15.5. The molecule has 0 aliphatic heterocycles. The van der Waals surface area contributed by atoms with E-state index in [0.717, 1.165) is 24.2 Å². The van der Waals surface area contributed by atoms with Gasteiger partial charge in [-0.1, -0.05) is 0 Å². The molecule has 2 amide bonds. The first kappa shape index (κ1) is 8.10. The van der Waals surface area contributed by atoms with E-state index in [4.69, 9.17) is 0 Å². The maximum atomic E-state index is 11.2. The summed E-state index contributed by atoms with van der Waals surface area (Å²) >= 11 is 0. The third-order valence-corrected chi connectivity index (χ3v) is 1.99. The van der Waals surface area contributed by atoms with Crippen LogP contribution < -0.4 is 10.6 Å². The molecule has 0 spiro atoms. The number of carbonyl (C=O) groups is 1. The van der Waals surface area contributed by atoms with Crippen molar-refractivity contribution in [2.45, 2.75) is 25.8 Å². The lowest BCUT2D eigenvalue weighted by Gasteiger charge is -2.04. The predicted molar refractivity (Wildman–Crippen MR) is 48.5 cm³/mol. The molecule has 5 heteroatoms. The van der Waals surface area contributed by atoms with E-state index >= 15 is 0 Å². The van der Waals surface area contributed by atoms with Crippen molar-refractivity contribution in [3.05, 3.63) is 11.9 Å². The van der Waals surface area contributed by atoms with Crippen molar-refractivity contribution in [1.29, 1.82) is 0 Å². The van der Waals surface area contributed by atoms with E-state index < -0.39 is 0 Å². The van der Waals surface area contributed by atoms with Crippen LogP contribution in [0.4, 0.5) is 10.5 Å². The Balaban J connectivity index is 1.89. The van der Waals surface area contributed by atoms with Crippen molar-refractivity contribution in [2.24, 2.45) is 0 Å². The van der Waals surface area contributed by atoms with Crippen LogP contribution >= 0.6 is 0 Å². The molecule has 1 fully saturated rings. The fraction of sp³-hybridized carbons (Fsp3) is 0.500. The molecule has 1 saturated carbocycles. The fourth-order valence-corrected chi connectivity index (χ4v) is 1.05. The van der Waals surface area contributed by atoms with Gasteiger partial charge in [-0.2, -0.15) is 5.10 Å². The summed E-state index contributed by atoms with van der Waals surface area (Å²) < 4.78 is 0. The minimum Gasteiger partial charge on any atom is -0.335 e. The second-order valence-corrected chi connectivity index (χ2v) is 3.28. The zero-order chi connectivity index (χ0) is 9.26. The van der Waals surface area contributed by atoms with E-state index in [-0.39, 0.29) is 6.03 Å². The Labute approximate surface area is 75.9 Å². The summed E-state index contributed by atoms with van der Waals surface area (Å²) in [6.07, 6.45) is 3.79. The van der Waals surface area contributed by atoms with Crippen molar-refractivity contribution in [3.63, 3.8) is 0 Å². The molecule has 0 aromatic carbocycles. The van der Waals surface area contributed by atoms with Crippen molar-refractivity contribution < 1.29 is 4.79 Å². The summed E-state index contributed by atoms with van der Waals surface area (Å²) in [5, 5.41) is 12.1. The van der Waals surface area contributed by atoms with Crippen LogP contribution in [0.1, 0.15) is 18.5 Å². The molecule has 1 heterocycles. The third kappa shape index (κ3) is 1.99. The van der Waals surface area contributed by atoms with E-state index in [2.05, 4.69) is 20.8 Å². The lowest BCUT2D eigenvalue weighted by molar-refractivity contribution is 0.251. The van der Waals surface area contributed by atoms with Gasteiger partial charge in [-0.15, -0.1) is 0 Å². The van der Waals surface area contributed by atoms with Gasteiger partial charge in [0.2, 0.25) is 0 Å². The van der Waals surface area contributed by atoms with Crippen LogP contribution in [-0.2, 0) is 0 Å². The Hall–Kier alpha value is -1.52. The van der Waals surface area contributed by atoms with Crippen LogP contribution in [0.3, 0.4) is 0 Å². The number of aromatic nitrogens is 2. The number of amides is 2. The first-order chi connectivity index (χ1) is 6.25. The molecule has 0 bridgehead atoms. The van der Waals surface area contributed by atoms with E-state index in [1.165, 1.54) is 0 Å². The Morgan fingerprint density at radius 2 is 2.46 bits per heavy atom. The standard InChI is InChI=1S/C8H12N4O/c1-5-7(4-9-12-5)11-8(13)10-6-2-3-6/h4,6H,2-3H2,1H3,(H,9,12)(H2,10,11,13). The molecule has 1 aromatic rings. The summed E-state index contributed by atoms with van der Waals surface area (Å²) in [5.41, 5.74) is 1.60. The molecule has 5 nitrogen and oxygen atoms in total. The van der Waals surface area contributed by atoms with E-state index in [0.29, 0.717) is 6.04 Å². The summed E-state index contributed by atoms with van der Waals surface area (Å²) in [6.45, 7) is 1.86. The molecule has 1 aliphatic carbocycles. The molecule has 13 heavy (non-hydrogen) atoms. The highest BCUT2D eigenvalue weighted by atomic mass is 16.2. The average Bonchev–Trinajstić information content (AvgIpc) is 2.79. The lowest BCUT2D eigenvalue weighted by atomic mass is 10.4. The van der Waals surface area contributed by atoms with Gasteiger partial charge < -0.3 is 10.6 Å². The van der Waals surface area contributed by atoms with Crippen LogP contribution in [-0.4, -0.2) is 22.3 Å². The summed E-state index contributed by atoms with van der Waals surface area (Å²) in [6, 6.07) is 0.235. The summed E-state index contributed by atoms with van der Waals surface area (Å²) in [4.78, 5) is 11.2. The summed E-state index contributed by atoms with van der Waals surface area (Å²) in [5.74, 6) is 0. The molecule has 0 unspecified atom stereocenters. The monoisotopic (exact) mass is 180 g/mol. The zero-order valence-corrected chi connectivity index (χ0v) is 7.42.